The number of ether oxygens (including phenoxy) is 1. The Labute approximate surface area is 164 Å². The van der Waals surface area contributed by atoms with E-state index in [-0.39, 0.29) is 18.1 Å². The van der Waals surface area contributed by atoms with Crippen molar-refractivity contribution in [1.82, 2.24) is 14.9 Å². The summed E-state index contributed by atoms with van der Waals surface area (Å²) in [5.41, 5.74) is 3.74. The lowest BCUT2D eigenvalue weighted by Crippen LogP contribution is -2.37. The second-order valence-corrected chi connectivity index (χ2v) is 7.04. The van der Waals surface area contributed by atoms with Crippen molar-refractivity contribution in [3.63, 3.8) is 0 Å². The van der Waals surface area contributed by atoms with Crippen LogP contribution in [-0.2, 0) is 16.0 Å². The summed E-state index contributed by atoms with van der Waals surface area (Å²) >= 11 is 0. The number of oxazole rings is 1. The molecule has 0 radical (unpaired) electrons. The van der Waals surface area contributed by atoms with Gasteiger partial charge < -0.3 is 14.1 Å². The molecular weight excluding hydrogens is 354 g/mol. The highest BCUT2D eigenvalue weighted by atomic mass is 16.5. The van der Waals surface area contributed by atoms with Crippen molar-refractivity contribution in [2.45, 2.75) is 38.8 Å². The number of para-hydroxylation sites is 1. The van der Waals surface area contributed by atoms with Crippen molar-refractivity contribution in [2.75, 3.05) is 13.2 Å². The first-order valence-corrected chi connectivity index (χ1v) is 9.76. The number of aromatic amines is 1. The summed E-state index contributed by atoms with van der Waals surface area (Å²) in [6.45, 7) is 5.24. The predicted octanol–water partition coefficient (Wildman–Crippen LogP) is 4.33. The van der Waals surface area contributed by atoms with Gasteiger partial charge in [0.1, 0.15) is 5.76 Å². The molecule has 0 spiro atoms. The van der Waals surface area contributed by atoms with Crippen LogP contribution in [0.3, 0.4) is 0 Å². The second-order valence-electron chi connectivity index (χ2n) is 7.04. The van der Waals surface area contributed by atoms with Gasteiger partial charge in [0.15, 0.2) is 6.39 Å². The van der Waals surface area contributed by atoms with E-state index in [1.165, 1.54) is 29.1 Å². The Kier molecular flexibility index (Phi) is 5.30. The molecule has 6 heteroatoms. The minimum absolute atomic E-state index is 0.0862. The van der Waals surface area contributed by atoms with Crippen molar-refractivity contribution < 1.29 is 13.9 Å². The Morgan fingerprint density at radius 2 is 2.32 bits per heavy atom. The molecule has 0 unspecified atom stereocenters. The highest BCUT2D eigenvalue weighted by molar-refractivity contribution is 5.85. The number of carbonyl (C=O) groups excluding carboxylic acids is 1. The molecule has 3 heterocycles. The fourth-order valence-electron chi connectivity index (χ4n) is 4.13. The molecule has 0 bridgehead atoms. The maximum Gasteiger partial charge on any atom is 0.330 e. The molecule has 2 aromatic heterocycles. The maximum absolute atomic E-state index is 11.7. The number of fused-ring (bicyclic) bond motifs is 3. The Balaban J connectivity index is 1.67. The van der Waals surface area contributed by atoms with E-state index < -0.39 is 0 Å². The SMILES string of the molecule is CCOC(=O)/C=C\C[C@@H]1c2[nH]c3ccccc3c2CCN1[C@@H](C)c1cnco1. The molecule has 1 N–H and O–H groups in total. The van der Waals surface area contributed by atoms with E-state index in [9.17, 15) is 4.79 Å². The normalized spacial score (nSPS) is 18.4. The number of esters is 1. The van der Waals surface area contributed by atoms with Crippen LogP contribution in [0.4, 0.5) is 0 Å². The fraction of sp³-hybridized carbons (Fsp3) is 0.364. The van der Waals surface area contributed by atoms with E-state index in [2.05, 4.69) is 46.1 Å². The minimum atomic E-state index is -0.301. The summed E-state index contributed by atoms with van der Waals surface area (Å²) in [4.78, 5) is 21.8. The van der Waals surface area contributed by atoms with Gasteiger partial charge in [-0.15, -0.1) is 0 Å². The quantitative estimate of drug-likeness (QED) is 0.510. The van der Waals surface area contributed by atoms with Gasteiger partial charge in [-0.05, 0) is 38.3 Å². The number of carbonyl (C=O) groups is 1. The topological polar surface area (TPSA) is 71.4 Å². The van der Waals surface area contributed by atoms with E-state index in [0.717, 1.165) is 24.2 Å². The molecule has 146 valence electrons. The van der Waals surface area contributed by atoms with Gasteiger partial charge >= 0.3 is 5.97 Å². The van der Waals surface area contributed by atoms with Gasteiger partial charge in [0.2, 0.25) is 0 Å². The lowest BCUT2D eigenvalue weighted by Gasteiger charge is -2.38. The summed E-state index contributed by atoms with van der Waals surface area (Å²) < 4.78 is 10.6. The number of rotatable bonds is 6. The minimum Gasteiger partial charge on any atom is -0.463 e. The lowest BCUT2D eigenvalue weighted by molar-refractivity contribution is -0.137. The van der Waals surface area contributed by atoms with Crippen molar-refractivity contribution in [3.8, 4) is 0 Å². The Morgan fingerprint density at radius 1 is 1.46 bits per heavy atom. The third-order valence-electron chi connectivity index (χ3n) is 5.46. The first kappa shape index (κ1) is 18.5. The second kappa shape index (κ2) is 8.02. The summed E-state index contributed by atoms with van der Waals surface area (Å²) in [5.74, 6) is 0.545. The summed E-state index contributed by atoms with van der Waals surface area (Å²) in [5, 5.41) is 1.28. The molecule has 4 rings (SSSR count). The zero-order valence-electron chi connectivity index (χ0n) is 16.2. The average Bonchev–Trinajstić information content (AvgIpc) is 3.36. The number of hydrogen-bond donors (Lipinski definition) is 1. The number of aromatic nitrogens is 2. The predicted molar refractivity (Wildman–Crippen MR) is 107 cm³/mol. The first-order chi connectivity index (χ1) is 13.7. The number of benzene rings is 1. The largest absolute Gasteiger partial charge is 0.463 e. The van der Waals surface area contributed by atoms with Gasteiger partial charge in [-0.2, -0.15) is 0 Å². The number of hydrogen-bond acceptors (Lipinski definition) is 5. The van der Waals surface area contributed by atoms with Crippen molar-refractivity contribution in [1.29, 1.82) is 0 Å². The van der Waals surface area contributed by atoms with Gasteiger partial charge in [-0.1, -0.05) is 24.3 Å². The molecular formula is C22H25N3O3. The van der Waals surface area contributed by atoms with Crippen molar-refractivity contribution in [3.05, 3.63) is 66.0 Å². The molecule has 0 saturated heterocycles. The Bertz CT molecular complexity index is 974. The van der Waals surface area contributed by atoms with Crippen LogP contribution in [0.15, 0.2) is 53.4 Å². The molecule has 1 aromatic carbocycles. The van der Waals surface area contributed by atoms with Crippen LogP contribution in [0.1, 0.15) is 49.4 Å². The van der Waals surface area contributed by atoms with Gasteiger partial charge in [0, 0.05) is 29.2 Å². The third-order valence-corrected chi connectivity index (χ3v) is 5.46. The molecule has 6 nitrogen and oxygen atoms in total. The van der Waals surface area contributed by atoms with Crippen LogP contribution in [0, 0.1) is 0 Å². The van der Waals surface area contributed by atoms with E-state index in [0.29, 0.717) is 13.0 Å². The van der Waals surface area contributed by atoms with Crippen LogP contribution < -0.4 is 0 Å². The standard InChI is InChI=1S/C22H25N3O3/c1-3-27-21(26)10-6-9-19-22-17(16-7-4-5-8-18(16)24-22)11-12-25(19)15(2)20-13-23-14-28-20/h4-8,10,13-15,19,24H,3,9,11-12H2,1-2H3/b10-6-/t15-,19+/m0/s1. The first-order valence-electron chi connectivity index (χ1n) is 9.76. The van der Waals surface area contributed by atoms with E-state index in [1.54, 1.807) is 6.20 Å². The monoisotopic (exact) mass is 379 g/mol. The zero-order chi connectivity index (χ0) is 19.5. The Hall–Kier alpha value is -2.86. The van der Waals surface area contributed by atoms with Gasteiger partial charge in [0.05, 0.1) is 24.9 Å². The van der Waals surface area contributed by atoms with Crippen molar-refractivity contribution in [2.24, 2.45) is 0 Å². The number of nitrogens with one attached hydrogen (secondary N) is 1. The lowest BCUT2D eigenvalue weighted by atomic mass is 9.93. The third kappa shape index (κ3) is 3.47. The van der Waals surface area contributed by atoms with Gasteiger partial charge in [-0.25, -0.2) is 9.78 Å². The van der Waals surface area contributed by atoms with E-state index >= 15 is 0 Å². The molecule has 2 atom stereocenters. The van der Waals surface area contributed by atoms with Crippen molar-refractivity contribution >= 4 is 16.9 Å². The van der Waals surface area contributed by atoms with Crippen LogP contribution in [0.2, 0.25) is 0 Å². The summed E-state index contributed by atoms with van der Waals surface area (Å²) in [7, 11) is 0. The summed E-state index contributed by atoms with van der Waals surface area (Å²) in [6.07, 6.45) is 8.35. The number of nitrogens with zero attached hydrogens (tertiary/aromatic N) is 2. The molecule has 3 aromatic rings. The van der Waals surface area contributed by atoms with Gasteiger partial charge in [-0.3, -0.25) is 4.90 Å². The molecule has 0 fully saturated rings. The van der Waals surface area contributed by atoms with Crippen LogP contribution in [-0.4, -0.2) is 34.0 Å². The molecule has 1 aliphatic rings. The molecule has 28 heavy (non-hydrogen) atoms. The molecule has 1 aliphatic heterocycles. The fourth-order valence-corrected chi connectivity index (χ4v) is 4.13. The highest BCUT2D eigenvalue weighted by Gasteiger charge is 2.33. The zero-order valence-corrected chi connectivity index (χ0v) is 16.2. The molecule has 0 saturated carbocycles. The van der Waals surface area contributed by atoms with Crippen LogP contribution in [0.5, 0.6) is 0 Å². The van der Waals surface area contributed by atoms with Crippen LogP contribution >= 0.6 is 0 Å². The number of H-pyrrole nitrogens is 1. The van der Waals surface area contributed by atoms with Crippen LogP contribution in [0.25, 0.3) is 10.9 Å². The van der Waals surface area contributed by atoms with E-state index in [1.807, 2.05) is 13.0 Å². The average molecular weight is 379 g/mol. The highest BCUT2D eigenvalue weighted by Crippen LogP contribution is 2.40. The van der Waals surface area contributed by atoms with E-state index in [4.69, 9.17) is 9.15 Å². The molecule has 0 amide bonds. The molecule has 0 aliphatic carbocycles. The van der Waals surface area contributed by atoms with Gasteiger partial charge in [0.25, 0.3) is 0 Å². The maximum atomic E-state index is 11.7. The summed E-state index contributed by atoms with van der Waals surface area (Å²) in [6, 6.07) is 8.62. The Morgan fingerprint density at radius 3 is 3.11 bits per heavy atom. The smallest absolute Gasteiger partial charge is 0.330 e.